The molecule has 4 rings (SSSR count). The van der Waals surface area contributed by atoms with Gasteiger partial charge >= 0.3 is 0 Å². The number of aryl methyl sites for hydroxylation is 2. The molecule has 1 aliphatic rings. The summed E-state index contributed by atoms with van der Waals surface area (Å²) in [5.74, 6) is 0.778. The number of hydrogen-bond acceptors (Lipinski definition) is 6. The van der Waals surface area contributed by atoms with Crippen LogP contribution in [0.5, 0.6) is 0 Å². The highest BCUT2D eigenvalue weighted by Gasteiger charge is 2.30. The molecule has 3 aromatic heterocycles. The molecule has 4 heterocycles. The summed E-state index contributed by atoms with van der Waals surface area (Å²) in [6.07, 6.45) is 7.19. The lowest BCUT2D eigenvalue weighted by Crippen LogP contribution is -2.29. The van der Waals surface area contributed by atoms with Crippen LogP contribution >= 0.6 is 11.3 Å². The summed E-state index contributed by atoms with van der Waals surface area (Å²) < 4.78 is 1.84. The Morgan fingerprint density at radius 2 is 2.21 bits per heavy atom. The SMILES string of the molecule is Cc1nn(C)c(C)c1/C=C/C(=O)N1CCC[C@H]1c1csc(Nc2ccccn2)n1. The molecule has 29 heavy (non-hydrogen) atoms. The van der Waals surface area contributed by atoms with Gasteiger partial charge in [0.1, 0.15) is 5.82 Å². The lowest BCUT2D eigenvalue weighted by molar-refractivity contribution is -0.126. The van der Waals surface area contributed by atoms with E-state index in [-0.39, 0.29) is 11.9 Å². The van der Waals surface area contributed by atoms with Crippen LogP contribution in [0.4, 0.5) is 10.9 Å². The Bertz CT molecular complexity index is 1040. The van der Waals surface area contributed by atoms with Gasteiger partial charge in [0.05, 0.1) is 17.4 Å². The molecule has 0 unspecified atom stereocenters. The van der Waals surface area contributed by atoms with Crippen molar-refractivity contribution in [3.63, 3.8) is 0 Å². The Hall–Kier alpha value is -3.00. The summed E-state index contributed by atoms with van der Waals surface area (Å²) in [5, 5.41) is 10.4. The maximum atomic E-state index is 12.9. The first-order valence-corrected chi connectivity index (χ1v) is 10.5. The maximum Gasteiger partial charge on any atom is 0.247 e. The summed E-state index contributed by atoms with van der Waals surface area (Å²) in [7, 11) is 1.91. The topological polar surface area (TPSA) is 75.9 Å². The van der Waals surface area contributed by atoms with Gasteiger partial charge in [0.2, 0.25) is 5.91 Å². The number of amides is 1. The van der Waals surface area contributed by atoms with E-state index in [0.29, 0.717) is 0 Å². The van der Waals surface area contributed by atoms with Gasteiger partial charge in [-0.2, -0.15) is 5.10 Å². The Labute approximate surface area is 174 Å². The number of aromatic nitrogens is 4. The fraction of sp³-hybridized carbons (Fsp3) is 0.333. The van der Waals surface area contributed by atoms with E-state index in [2.05, 4.69) is 15.4 Å². The molecule has 1 atom stereocenters. The molecular formula is C21H24N6OS. The molecule has 1 amide bonds. The molecule has 0 aromatic carbocycles. The van der Waals surface area contributed by atoms with E-state index in [9.17, 15) is 4.79 Å². The number of rotatable bonds is 5. The molecule has 0 radical (unpaired) electrons. The first-order chi connectivity index (χ1) is 14.0. The normalized spacial score (nSPS) is 16.7. The lowest BCUT2D eigenvalue weighted by Gasteiger charge is -2.21. The van der Waals surface area contributed by atoms with Crippen molar-refractivity contribution < 1.29 is 4.79 Å². The fourth-order valence-corrected chi connectivity index (χ4v) is 4.43. The minimum atomic E-state index is 0.0128. The average molecular weight is 409 g/mol. The quantitative estimate of drug-likeness (QED) is 0.646. The number of carbonyl (C=O) groups excluding carboxylic acids is 1. The fourth-order valence-electron chi connectivity index (χ4n) is 3.66. The van der Waals surface area contributed by atoms with E-state index in [0.717, 1.165) is 53.0 Å². The second-order valence-corrected chi connectivity index (χ2v) is 8.01. The molecular weight excluding hydrogens is 384 g/mol. The van der Waals surface area contributed by atoms with Crippen molar-refractivity contribution in [2.45, 2.75) is 32.7 Å². The number of nitrogens with one attached hydrogen (secondary N) is 1. The van der Waals surface area contributed by atoms with E-state index in [1.165, 1.54) is 11.3 Å². The Morgan fingerprint density at radius 1 is 1.34 bits per heavy atom. The average Bonchev–Trinajstić information content (AvgIpc) is 3.42. The van der Waals surface area contributed by atoms with Crippen molar-refractivity contribution in [3.05, 3.63) is 58.5 Å². The van der Waals surface area contributed by atoms with Crippen molar-refractivity contribution in [3.8, 4) is 0 Å². The van der Waals surface area contributed by atoms with Crippen LogP contribution in [0.1, 0.15) is 41.5 Å². The number of nitrogens with zero attached hydrogens (tertiary/aromatic N) is 5. The number of thiazole rings is 1. The molecule has 0 bridgehead atoms. The minimum Gasteiger partial charge on any atom is -0.331 e. The minimum absolute atomic E-state index is 0.0128. The zero-order chi connectivity index (χ0) is 20.4. The van der Waals surface area contributed by atoms with Gasteiger partial charge in [-0.25, -0.2) is 9.97 Å². The van der Waals surface area contributed by atoms with Gasteiger partial charge in [-0.15, -0.1) is 11.3 Å². The van der Waals surface area contributed by atoms with E-state index in [1.54, 1.807) is 12.3 Å². The monoisotopic (exact) mass is 408 g/mol. The van der Waals surface area contributed by atoms with Crippen LogP contribution in [0.2, 0.25) is 0 Å². The molecule has 3 aromatic rings. The first-order valence-electron chi connectivity index (χ1n) is 9.65. The molecule has 0 aliphatic carbocycles. The molecule has 150 valence electrons. The second kappa shape index (κ2) is 8.16. The van der Waals surface area contributed by atoms with Crippen LogP contribution in [0.15, 0.2) is 35.9 Å². The lowest BCUT2D eigenvalue weighted by atomic mass is 10.1. The van der Waals surface area contributed by atoms with Crippen LogP contribution in [0, 0.1) is 13.8 Å². The molecule has 1 aliphatic heterocycles. The second-order valence-electron chi connectivity index (χ2n) is 7.15. The Kier molecular flexibility index (Phi) is 5.44. The van der Waals surface area contributed by atoms with Crippen molar-refractivity contribution in [1.29, 1.82) is 0 Å². The largest absolute Gasteiger partial charge is 0.331 e. The Morgan fingerprint density at radius 3 is 2.93 bits per heavy atom. The third-order valence-electron chi connectivity index (χ3n) is 5.26. The van der Waals surface area contributed by atoms with E-state index < -0.39 is 0 Å². The number of carbonyl (C=O) groups is 1. The molecule has 8 heteroatoms. The van der Waals surface area contributed by atoms with E-state index in [4.69, 9.17) is 4.98 Å². The smallest absolute Gasteiger partial charge is 0.247 e. The highest BCUT2D eigenvalue weighted by molar-refractivity contribution is 7.13. The summed E-state index contributed by atoms with van der Waals surface area (Å²) >= 11 is 1.53. The van der Waals surface area contributed by atoms with Crippen molar-refractivity contribution in [2.24, 2.45) is 7.05 Å². The predicted molar refractivity (Wildman–Crippen MR) is 115 cm³/mol. The summed E-state index contributed by atoms with van der Waals surface area (Å²) in [5.41, 5.74) is 3.92. The van der Waals surface area contributed by atoms with Crippen LogP contribution in [-0.4, -0.2) is 37.1 Å². The molecule has 1 fully saturated rings. The van der Waals surface area contributed by atoms with Gasteiger partial charge < -0.3 is 10.2 Å². The molecule has 1 N–H and O–H groups in total. The summed E-state index contributed by atoms with van der Waals surface area (Å²) in [6, 6.07) is 5.72. The molecule has 7 nitrogen and oxygen atoms in total. The number of anilines is 2. The third kappa shape index (κ3) is 4.07. The van der Waals surface area contributed by atoms with Gasteiger partial charge in [0.25, 0.3) is 0 Å². The predicted octanol–water partition coefficient (Wildman–Crippen LogP) is 4.01. The van der Waals surface area contributed by atoms with Gasteiger partial charge in [-0.05, 0) is 44.9 Å². The summed E-state index contributed by atoms with van der Waals surface area (Å²) in [4.78, 5) is 23.8. The standard InChI is InChI=1S/C21H24N6OS/c1-14-16(15(2)26(3)25-14)9-10-20(28)27-12-6-7-18(27)17-13-29-21(23-17)24-19-8-4-5-11-22-19/h4-5,8-11,13,18H,6-7,12H2,1-3H3,(H,22,23,24)/b10-9+/t18-/m0/s1. The van der Waals surface area contributed by atoms with E-state index >= 15 is 0 Å². The maximum absolute atomic E-state index is 12.9. The number of hydrogen-bond donors (Lipinski definition) is 1. The highest BCUT2D eigenvalue weighted by Crippen LogP contribution is 2.34. The highest BCUT2D eigenvalue weighted by atomic mass is 32.1. The van der Waals surface area contributed by atoms with Gasteiger partial charge in [0.15, 0.2) is 5.13 Å². The molecule has 0 saturated carbocycles. The van der Waals surface area contributed by atoms with Gasteiger partial charge in [-0.3, -0.25) is 9.48 Å². The Balaban J connectivity index is 1.47. The zero-order valence-corrected chi connectivity index (χ0v) is 17.6. The van der Waals surface area contributed by atoms with Gasteiger partial charge in [-0.1, -0.05) is 6.07 Å². The van der Waals surface area contributed by atoms with Crippen molar-refractivity contribution in [2.75, 3.05) is 11.9 Å². The van der Waals surface area contributed by atoms with Crippen LogP contribution in [0.3, 0.4) is 0 Å². The van der Waals surface area contributed by atoms with Crippen LogP contribution in [-0.2, 0) is 11.8 Å². The van der Waals surface area contributed by atoms with Crippen molar-refractivity contribution >= 4 is 34.3 Å². The van der Waals surface area contributed by atoms with Gasteiger partial charge in [0, 0.05) is 42.5 Å². The zero-order valence-electron chi connectivity index (χ0n) is 16.8. The first kappa shape index (κ1) is 19.3. The van der Waals surface area contributed by atoms with Crippen LogP contribution < -0.4 is 5.32 Å². The van der Waals surface area contributed by atoms with Crippen molar-refractivity contribution in [1.82, 2.24) is 24.6 Å². The molecule has 1 saturated heterocycles. The molecule has 0 spiro atoms. The van der Waals surface area contributed by atoms with E-state index in [1.807, 2.05) is 60.1 Å². The van der Waals surface area contributed by atoms with Crippen LogP contribution in [0.25, 0.3) is 6.08 Å². The summed E-state index contributed by atoms with van der Waals surface area (Å²) in [6.45, 7) is 4.72. The number of likely N-dealkylation sites (tertiary alicyclic amines) is 1. The third-order valence-corrected chi connectivity index (χ3v) is 6.03. The number of pyridine rings is 1.